The maximum atomic E-state index is 13.1. The maximum Gasteiger partial charge on any atom is 0.295 e. The van der Waals surface area contributed by atoms with E-state index in [0.717, 1.165) is 6.54 Å². The van der Waals surface area contributed by atoms with Gasteiger partial charge in [-0.3, -0.25) is 9.59 Å². The Labute approximate surface area is 192 Å². The van der Waals surface area contributed by atoms with E-state index < -0.39 is 17.7 Å². The first-order chi connectivity index (χ1) is 15.3. The molecule has 0 saturated carbocycles. The molecule has 1 amide bonds. The SMILES string of the molecule is COc1ccc(OC)c([C@H]2/C(=C(\O)c3ccc(Cl)cc3)C(=O)C(=O)N2CCCN(C)C)c1. The summed E-state index contributed by atoms with van der Waals surface area (Å²) in [6.07, 6.45) is 0.657. The number of methoxy groups -OCH3 is 2. The van der Waals surface area contributed by atoms with E-state index in [4.69, 9.17) is 21.1 Å². The Balaban J connectivity index is 2.18. The zero-order valence-electron chi connectivity index (χ0n) is 18.6. The van der Waals surface area contributed by atoms with Crippen molar-refractivity contribution < 1.29 is 24.2 Å². The third-order valence-corrected chi connectivity index (χ3v) is 5.65. The smallest absolute Gasteiger partial charge is 0.295 e. The minimum atomic E-state index is -0.821. The molecule has 1 N–H and O–H groups in total. The maximum absolute atomic E-state index is 13.1. The Bertz CT molecular complexity index is 1030. The summed E-state index contributed by atoms with van der Waals surface area (Å²) in [5, 5.41) is 11.6. The van der Waals surface area contributed by atoms with Crippen molar-refractivity contribution in [2.75, 3.05) is 41.4 Å². The monoisotopic (exact) mass is 458 g/mol. The molecule has 1 atom stereocenters. The minimum Gasteiger partial charge on any atom is -0.507 e. The Morgan fingerprint density at radius 2 is 1.78 bits per heavy atom. The number of halogens is 1. The van der Waals surface area contributed by atoms with Crippen molar-refractivity contribution in [3.63, 3.8) is 0 Å². The molecule has 1 aliphatic rings. The van der Waals surface area contributed by atoms with E-state index in [-0.39, 0.29) is 11.3 Å². The Kier molecular flexibility index (Phi) is 7.43. The van der Waals surface area contributed by atoms with Crippen LogP contribution < -0.4 is 9.47 Å². The molecule has 7 nitrogen and oxygen atoms in total. The highest BCUT2D eigenvalue weighted by Gasteiger charge is 2.47. The van der Waals surface area contributed by atoms with Crippen molar-refractivity contribution in [2.24, 2.45) is 0 Å². The summed E-state index contributed by atoms with van der Waals surface area (Å²) in [6.45, 7) is 1.08. The zero-order valence-corrected chi connectivity index (χ0v) is 19.3. The number of hydrogen-bond donors (Lipinski definition) is 1. The number of likely N-dealkylation sites (tertiary alicyclic amines) is 1. The second-order valence-corrected chi connectivity index (χ2v) is 8.20. The third kappa shape index (κ3) is 4.74. The van der Waals surface area contributed by atoms with Gasteiger partial charge < -0.3 is 24.4 Å². The van der Waals surface area contributed by atoms with Gasteiger partial charge in [-0.05, 0) is 69.5 Å². The van der Waals surface area contributed by atoms with Gasteiger partial charge in [-0.2, -0.15) is 0 Å². The van der Waals surface area contributed by atoms with Gasteiger partial charge in [-0.15, -0.1) is 0 Å². The van der Waals surface area contributed by atoms with Gasteiger partial charge in [0.2, 0.25) is 0 Å². The van der Waals surface area contributed by atoms with Gasteiger partial charge in [0.05, 0.1) is 25.8 Å². The molecule has 2 aromatic carbocycles. The highest BCUT2D eigenvalue weighted by Crippen LogP contribution is 2.44. The fourth-order valence-corrected chi connectivity index (χ4v) is 3.93. The number of benzene rings is 2. The third-order valence-electron chi connectivity index (χ3n) is 5.39. The second-order valence-electron chi connectivity index (χ2n) is 7.76. The summed E-state index contributed by atoms with van der Waals surface area (Å²) >= 11 is 5.97. The number of ketones is 1. The first kappa shape index (κ1) is 23.6. The van der Waals surface area contributed by atoms with Crippen molar-refractivity contribution in [3.8, 4) is 11.5 Å². The second kappa shape index (κ2) is 10.1. The topological polar surface area (TPSA) is 79.3 Å². The molecule has 0 bridgehead atoms. The lowest BCUT2D eigenvalue weighted by Gasteiger charge is -2.27. The van der Waals surface area contributed by atoms with Gasteiger partial charge in [-0.25, -0.2) is 0 Å². The molecule has 1 saturated heterocycles. The molecule has 0 aliphatic carbocycles. The predicted molar refractivity (Wildman–Crippen MR) is 123 cm³/mol. The molecule has 170 valence electrons. The summed E-state index contributed by atoms with van der Waals surface area (Å²) in [5.74, 6) is -0.625. The van der Waals surface area contributed by atoms with Crippen LogP contribution in [0.2, 0.25) is 5.02 Å². The van der Waals surface area contributed by atoms with Gasteiger partial charge in [-0.1, -0.05) is 11.6 Å². The van der Waals surface area contributed by atoms with Crippen LogP contribution in [0.1, 0.15) is 23.6 Å². The molecular formula is C24H27ClN2O5. The lowest BCUT2D eigenvalue weighted by Crippen LogP contribution is -2.32. The highest BCUT2D eigenvalue weighted by atomic mass is 35.5. The molecule has 1 fully saturated rings. The molecule has 2 aromatic rings. The molecule has 3 rings (SSSR count). The summed E-state index contributed by atoms with van der Waals surface area (Å²) in [7, 11) is 6.94. The highest BCUT2D eigenvalue weighted by molar-refractivity contribution is 6.46. The van der Waals surface area contributed by atoms with Crippen LogP contribution in [-0.2, 0) is 9.59 Å². The summed E-state index contributed by atoms with van der Waals surface area (Å²) in [4.78, 5) is 29.7. The van der Waals surface area contributed by atoms with Crippen LogP contribution in [-0.4, -0.2) is 68.0 Å². The zero-order chi connectivity index (χ0) is 23.4. The van der Waals surface area contributed by atoms with Crippen LogP contribution in [0.3, 0.4) is 0 Å². The normalized spacial score (nSPS) is 17.8. The molecule has 0 aromatic heterocycles. The van der Waals surface area contributed by atoms with Crippen LogP contribution in [0.15, 0.2) is 48.0 Å². The van der Waals surface area contributed by atoms with Crippen LogP contribution >= 0.6 is 11.6 Å². The quantitative estimate of drug-likeness (QED) is 0.369. The molecular weight excluding hydrogens is 432 g/mol. The average Bonchev–Trinajstić information content (AvgIpc) is 3.03. The van der Waals surface area contributed by atoms with E-state index in [1.165, 1.54) is 19.1 Å². The summed E-state index contributed by atoms with van der Waals surface area (Å²) in [5.41, 5.74) is 0.965. The Morgan fingerprint density at radius 3 is 2.38 bits per heavy atom. The van der Waals surface area contributed by atoms with Gasteiger partial charge in [0, 0.05) is 22.7 Å². The number of carbonyl (C=O) groups excluding carboxylic acids is 2. The van der Waals surface area contributed by atoms with Crippen molar-refractivity contribution in [2.45, 2.75) is 12.5 Å². The van der Waals surface area contributed by atoms with Crippen molar-refractivity contribution in [3.05, 3.63) is 64.2 Å². The van der Waals surface area contributed by atoms with Crippen LogP contribution in [0.5, 0.6) is 11.5 Å². The van der Waals surface area contributed by atoms with Gasteiger partial charge in [0.1, 0.15) is 17.3 Å². The predicted octanol–water partition coefficient (Wildman–Crippen LogP) is 3.73. The lowest BCUT2D eigenvalue weighted by atomic mass is 9.94. The average molecular weight is 459 g/mol. The molecule has 1 heterocycles. The number of ether oxygens (including phenoxy) is 2. The number of amides is 1. The van der Waals surface area contributed by atoms with Crippen LogP contribution in [0.4, 0.5) is 0 Å². The largest absolute Gasteiger partial charge is 0.507 e. The van der Waals surface area contributed by atoms with Crippen LogP contribution in [0, 0.1) is 0 Å². The first-order valence-corrected chi connectivity index (χ1v) is 10.6. The number of hydrogen-bond acceptors (Lipinski definition) is 6. The Hall–Kier alpha value is -3.03. The van der Waals surface area contributed by atoms with E-state index in [2.05, 4.69) is 0 Å². The summed E-state index contributed by atoms with van der Waals surface area (Å²) < 4.78 is 10.9. The van der Waals surface area contributed by atoms with Crippen molar-refractivity contribution in [1.29, 1.82) is 0 Å². The van der Waals surface area contributed by atoms with Crippen LogP contribution in [0.25, 0.3) is 5.76 Å². The number of carbonyl (C=O) groups is 2. The summed E-state index contributed by atoms with van der Waals surface area (Å²) in [6, 6.07) is 10.8. The fourth-order valence-electron chi connectivity index (χ4n) is 3.81. The minimum absolute atomic E-state index is 0.00808. The lowest BCUT2D eigenvalue weighted by molar-refractivity contribution is -0.140. The van der Waals surface area contributed by atoms with E-state index >= 15 is 0 Å². The van der Waals surface area contributed by atoms with Gasteiger partial charge in [0.15, 0.2) is 0 Å². The molecule has 0 radical (unpaired) electrons. The standard InChI is InChI=1S/C24H27ClN2O5/c1-26(2)12-5-13-27-21(18-14-17(31-3)10-11-19(18)32-4)20(23(29)24(27)30)22(28)15-6-8-16(25)9-7-15/h6-11,14,21,28H,5,12-13H2,1-4H3/b22-20+/t21-/m0/s1. The van der Waals surface area contributed by atoms with Gasteiger partial charge >= 0.3 is 0 Å². The van der Waals surface area contributed by atoms with E-state index in [1.807, 2.05) is 19.0 Å². The fraction of sp³-hybridized carbons (Fsp3) is 0.333. The molecule has 32 heavy (non-hydrogen) atoms. The van der Waals surface area contributed by atoms with Crippen molar-refractivity contribution >= 4 is 29.1 Å². The molecule has 1 aliphatic heterocycles. The first-order valence-electron chi connectivity index (χ1n) is 10.2. The number of rotatable bonds is 8. The number of aliphatic hydroxyl groups excluding tert-OH is 1. The number of aliphatic hydroxyl groups is 1. The van der Waals surface area contributed by atoms with E-state index in [0.29, 0.717) is 40.6 Å². The number of Topliss-reactive ketones (excluding diaryl/α,β-unsaturated/α-hetero) is 1. The van der Waals surface area contributed by atoms with E-state index in [1.54, 1.807) is 42.5 Å². The van der Waals surface area contributed by atoms with Crippen molar-refractivity contribution in [1.82, 2.24) is 9.80 Å². The number of nitrogens with zero attached hydrogens (tertiary/aromatic N) is 2. The molecule has 8 heteroatoms. The Morgan fingerprint density at radius 1 is 1.09 bits per heavy atom. The molecule has 0 spiro atoms. The van der Waals surface area contributed by atoms with E-state index in [9.17, 15) is 14.7 Å². The molecule has 0 unspecified atom stereocenters. The van der Waals surface area contributed by atoms with Gasteiger partial charge in [0.25, 0.3) is 11.7 Å².